The van der Waals surface area contributed by atoms with Crippen LogP contribution in [0.4, 0.5) is 0 Å². The molecule has 2 aliphatic carbocycles. The fourth-order valence-corrected chi connectivity index (χ4v) is 4.88. The Labute approximate surface area is 87.9 Å². The molecular formula is C12H12OS. The van der Waals surface area contributed by atoms with Crippen molar-refractivity contribution in [2.45, 2.75) is 11.7 Å². The van der Waals surface area contributed by atoms with E-state index in [1.54, 1.807) is 0 Å². The lowest BCUT2D eigenvalue weighted by atomic mass is 9.81. The van der Waals surface area contributed by atoms with Crippen LogP contribution in [-0.2, 0) is 4.74 Å². The van der Waals surface area contributed by atoms with Gasteiger partial charge in [-0.2, -0.15) is 0 Å². The van der Waals surface area contributed by atoms with Crippen LogP contribution in [0, 0.1) is 23.7 Å². The van der Waals surface area contributed by atoms with Gasteiger partial charge in [-0.1, -0.05) is 12.2 Å². The van der Waals surface area contributed by atoms with Crippen molar-refractivity contribution in [1.29, 1.82) is 0 Å². The summed E-state index contributed by atoms with van der Waals surface area (Å²) in [4.78, 5) is 0. The Morgan fingerprint density at radius 3 is 3.14 bits per heavy atom. The molecule has 5 atom stereocenters. The molecule has 0 aromatic heterocycles. The van der Waals surface area contributed by atoms with Crippen LogP contribution >= 0.6 is 11.8 Å². The molecule has 2 heteroatoms. The first-order chi connectivity index (χ1) is 6.93. The van der Waals surface area contributed by atoms with Crippen LogP contribution in [0.3, 0.4) is 0 Å². The molecule has 0 aromatic rings. The van der Waals surface area contributed by atoms with Gasteiger partial charge in [0.05, 0.1) is 6.26 Å². The van der Waals surface area contributed by atoms with Gasteiger partial charge in [0.25, 0.3) is 0 Å². The van der Waals surface area contributed by atoms with Crippen molar-refractivity contribution in [1.82, 2.24) is 0 Å². The molecule has 0 saturated heterocycles. The van der Waals surface area contributed by atoms with Crippen LogP contribution in [0.2, 0.25) is 0 Å². The number of ether oxygens (including phenoxy) is 1. The Balaban J connectivity index is 1.79. The van der Waals surface area contributed by atoms with Crippen LogP contribution < -0.4 is 0 Å². The molecule has 2 aliphatic heterocycles. The van der Waals surface area contributed by atoms with Crippen LogP contribution in [-0.4, -0.2) is 5.25 Å². The second kappa shape index (κ2) is 2.48. The van der Waals surface area contributed by atoms with Crippen molar-refractivity contribution in [3.05, 3.63) is 35.7 Å². The molecule has 1 fully saturated rings. The zero-order chi connectivity index (χ0) is 9.12. The normalized spacial score (nSPS) is 51.4. The van der Waals surface area contributed by atoms with Crippen LogP contribution in [0.25, 0.3) is 0 Å². The van der Waals surface area contributed by atoms with Gasteiger partial charge in [0, 0.05) is 16.6 Å². The van der Waals surface area contributed by atoms with Gasteiger partial charge in [-0.15, -0.1) is 11.8 Å². The van der Waals surface area contributed by atoms with Crippen molar-refractivity contribution in [2.75, 3.05) is 0 Å². The largest absolute Gasteiger partial charge is 0.468 e. The fraction of sp³-hybridized carbons (Fsp3) is 0.500. The smallest absolute Gasteiger partial charge is 0.117 e. The summed E-state index contributed by atoms with van der Waals surface area (Å²) < 4.78 is 5.51. The number of thioether (sulfide) groups is 1. The minimum absolute atomic E-state index is 0.584. The molecule has 2 bridgehead atoms. The molecule has 14 heavy (non-hydrogen) atoms. The summed E-state index contributed by atoms with van der Waals surface area (Å²) in [6, 6.07) is 0. The maximum atomic E-state index is 5.51. The molecule has 0 N–H and O–H groups in total. The van der Waals surface area contributed by atoms with Gasteiger partial charge in [-0.25, -0.2) is 0 Å². The van der Waals surface area contributed by atoms with Gasteiger partial charge in [0.15, 0.2) is 0 Å². The molecule has 4 rings (SSSR count). The van der Waals surface area contributed by atoms with E-state index in [0.717, 1.165) is 23.0 Å². The highest BCUT2D eigenvalue weighted by molar-refractivity contribution is 8.02. The van der Waals surface area contributed by atoms with Gasteiger partial charge in [-0.3, -0.25) is 0 Å². The maximum Gasteiger partial charge on any atom is 0.117 e. The summed E-state index contributed by atoms with van der Waals surface area (Å²) in [6.07, 6.45) is 10.4. The van der Waals surface area contributed by atoms with Gasteiger partial charge >= 0.3 is 0 Å². The quantitative estimate of drug-likeness (QED) is 0.561. The van der Waals surface area contributed by atoms with E-state index in [0.29, 0.717) is 5.92 Å². The molecule has 4 aliphatic rings. The summed E-state index contributed by atoms with van der Waals surface area (Å²) in [5, 5.41) is 3.06. The van der Waals surface area contributed by atoms with Crippen molar-refractivity contribution < 1.29 is 4.74 Å². The number of rotatable bonds is 0. The summed E-state index contributed by atoms with van der Waals surface area (Å²) in [7, 11) is 0. The molecule has 0 unspecified atom stereocenters. The topological polar surface area (TPSA) is 9.23 Å². The summed E-state index contributed by atoms with van der Waals surface area (Å²) in [5.41, 5.74) is 0. The summed E-state index contributed by atoms with van der Waals surface area (Å²) >= 11 is 2.00. The summed E-state index contributed by atoms with van der Waals surface area (Å²) in [5.74, 6) is 4.24. The van der Waals surface area contributed by atoms with E-state index in [-0.39, 0.29) is 0 Å². The SMILES string of the molecule is C1=C[C@H]2C(=CS[C@H]3[C@@H]2[C@@H]2C=C[C@H]3C2)O1. The molecule has 72 valence electrons. The number of fused-ring (bicyclic) bond motifs is 7. The monoisotopic (exact) mass is 204 g/mol. The van der Waals surface area contributed by atoms with Gasteiger partial charge in [0.1, 0.15) is 5.76 Å². The standard InChI is InChI=1S/C12H12OS/c1-2-8-5-7(1)11-9-3-4-13-10(9)6-14-12(8)11/h1-4,6-9,11-12H,5H2/t7-,8+,9+,11-,12-/m1/s1. The van der Waals surface area contributed by atoms with E-state index in [4.69, 9.17) is 4.74 Å². The maximum absolute atomic E-state index is 5.51. The predicted octanol–water partition coefficient (Wildman–Crippen LogP) is 2.93. The molecule has 0 amide bonds. The third-order valence-electron chi connectivity index (χ3n) is 4.02. The number of hydrogen-bond donors (Lipinski definition) is 0. The van der Waals surface area contributed by atoms with E-state index in [2.05, 4.69) is 23.6 Å². The molecular weight excluding hydrogens is 192 g/mol. The van der Waals surface area contributed by atoms with Gasteiger partial charge < -0.3 is 4.74 Å². The third kappa shape index (κ3) is 0.789. The Morgan fingerprint density at radius 1 is 1.21 bits per heavy atom. The van der Waals surface area contributed by atoms with E-state index in [9.17, 15) is 0 Å². The predicted molar refractivity (Wildman–Crippen MR) is 57.4 cm³/mol. The Hall–Kier alpha value is -0.630. The third-order valence-corrected chi connectivity index (χ3v) is 5.37. The zero-order valence-electron chi connectivity index (χ0n) is 7.80. The fourth-order valence-electron chi connectivity index (χ4n) is 3.42. The second-order valence-electron chi connectivity index (χ2n) is 4.62. The van der Waals surface area contributed by atoms with Crippen molar-refractivity contribution >= 4 is 11.8 Å². The van der Waals surface area contributed by atoms with Gasteiger partial charge in [0.2, 0.25) is 0 Å². The van der Waals surface area contributed by atoms with E-state index < -0.39 is 0 Å². The zero-order valence-corrected chi connectivity index (χ0v) is 8.61. The lowest BCUT2D eigenvalue weighted by Crippen LogP contribution is -2.30. The number of allylic oxidation sites excluding steroid dienone is 3. The highest BCUT2D eigenvalue weighted by atomic mass is 32.2. The van der Waals surface area contributed by atoms with Gasteiger partial charge in [-0.05, 0) is 30.3 Å². The van der Waals surface area contributed by atoms with Crippen LogP contribution in [0.1, 0.15) is 6.42 Å². The van der Waals surface area contributed by atoms with Crippen molar-refractivity contribution in [2.24, 2.45) is 23.7 Å². The minimum atomic E-state index is 0.584. The van der Waals surface area contributed by atoms with Crippen LogP contribution in [0.5, 0.6) is 0 Å². The first kappa shape index (κ1) is 7.63. The van der Waals surface area contributed by atoms with E-state index in [1.165, 1.54) is 12.2 Å². The highest BCUT2D eigenvalue weighted by Gasteiger charge is 2.51. The summed E-state index contributed by atoms with van der Waals surface area (Å²) in [6.45, 7) is 0. The lowest BCUT2D eigenvalue weighted by molar-refractivity contribution is 0.283. The lowest BCUT2D eigenvalue weighted by Gasteiger charge is -2.34. The van der Waals surface area contributed by atoms with Crippen molar-refractivity contribution in [3.63, 3.8) is 0 Å². The van der Waals surface area contributed by atoms with E-state index >= 15 is 0 Å². The molecule has 0 radical (unpaired) electrons. The Bertz CT molecular complexity index is 369. The molecule has 0 spiro atoms. The van der Waals surface area contributed by atoms with Crippen LogP contribution in [0.15, 0.2) is 35.7 Å². The van der Waals surface area contributed by atoms with E-state index in [1.807, 2.05) is 18.0 Å². The second-order valence-corrected chi connectivity index (χ2v) is 5.67. The first-order valence-corrected chi connectivity index (χ1v) is 6.25. The molecule has 0 aromatic carbocycles. The highest BCUT2D eigenvalue weighted by Crippen LogP contribution is 2.57. The molecule has 1 saturated carbocycles. The molecule has 2 heterocycles. The minimum Gasteiger partial charge on any atom is -0.468 e. The first-order valence-electron chi connectivity index (χ1n) is 5.31. The van der Waals surface area contributed by atoms with Crippen molar-refractivity contribution in [3.8, 4) is 0 Å². The Morgan fingerprint density at radius 2 is 2.14 bits per heavy atom. The average Bonchev–Trinajstić information content (AvgIpc) is 2.92. The average molecular weight is 204 g/mol. The Kier molecular flexibility index (Phi) is 1.35. The molecule has 1 nitrogen and oxygen atoms in total. The number of hydrogen-bond acceptors (Lipinski definition) is 2.